The molecule has 6 heteroatoms. The van der Waals surface area contributed by atoms with Crippen LogP contribution < -0.4 is 5.32 Å². The number of rotatable bonds is 7. The number of carbonyl (C=O) groups is 2. The topological polar surface area (TPSA) is 75.2 Å². The Morgan fingerprint density at radius 3 is 2.50 bits per heavy atom. The summed E-state index contributed by atoms with van der Waals surface area (Å²) >= 11 is 0. The van der Waals surface area contributed by atoms with Crippen molar-refractivity contribution in [3.05, 3.63) is 59.7 Å². The first kappa shape index (κ1) is 20.0. The predicted molar refractivity (Wildman–Crippen MR) is 108 cm³/mol. The number of aryl methyl sites for hydroxylation is 1. The van der Waals surface area contributed by atoms with Gasteiger partial charge in [-0.3, -0.25) is 14.6 Å². The molecule has 0 spiro atoms. The van der Waals surface area contributed by atoms with Crippen molar-refractivity contribution in [2.75, 3.05) is 6.54 Å². The van der Waals surface area contributed by atoms with Crippen molar-refractivity contribution in [1.82, 2.24) is 20.2 Å². The maximum atomic E-state index is 13.0. The zero-order chi connectivity index (χ0) is 19.8. The highest BCUT2D eigenvalue weighted by molar-refractivity contribution is 5.92. The van der Waals surface area contributed by atoms with Gasteiger partial charge in [0.1, 0.15) is 5.69 Å². The molecule has 0 aliphatic heterocycles. The summed E-state index contributed by atoms with van der Waals surface area (Å²) in [5.74, 6) is -0.199. The van der Waals surface area contributed by atoms with E-state index in [0.717, 1.165) is 24.1 Å². The minimum Gasteiger partial charge on any atom is -0.353 e. The second-order valence-electron chi connectivity index (χ2n) is 7.41. The summed E-state index contributed by atoms with van der Waals surface area (Å²) in [6.07, 6.45) is 9.08. The lowest BCUT2D eigenvalue weighted by Gasteiger charge is -2.25. The van der Waals surface area contributed by atoms with E-state index in [4.69, 9.17) is 0 Å². The van der Waals surface area contributed by atoms with Crippen molar-refractivity contribution >= 4 is 11.8 Å². The van der Waals surface area contributed by atoms with E-state index in [1.54, 1.807) is 11.1 Å². The van der Waals surface area contributed by atoms with E-state index in [0.29, 0.717) is 18.8 Å². The van der Waals surface area contributed by atoms with Crippen LogP contribution in [0.1, 0.15) is 60.3 Å². The highest BCUT2D eigenvalue weighted by Crippen LogP contribution is 2.17. The zero-order valence-electron chi connectivity index (χ0n) is 16.4. The molecule has 1 aliphatic rings. The molecule has 1 aromatic carbocycles. The van der Waals surface area contributed by atoms with Gasteiger partial charge in [-0.25, -0.2) is 4.98 Å². The van der Waals surface area contributed by atoms with Crippen LogP contribution in [0.25, 0.3) is 0 Å². The summed E-state index contributed by atoms with van der Waals surface area (Å²) in [5.41, 5.74) is 2.08. The van der Waals surface area contributed by atoms with Crippen LogP contribution in [0.3, 0.4) is 0 Å². The largest absolute Gasteiger partial charge is 0.353 e. The standard InChI is InChI=1S/C22H28N4O2/c1-17-14-24-20(15-23-17)22(28)26(16-18-8-4-2-5-9-18)13-12-21(27)25-19-10-6-3-7-11-19/h2,4-5,8-9,14-15,19H,3,6-7,10-13,16H2,1H3,(H,25,27). The average molecular weight is 380 g/mol. The van der Waals surface area contributed by atoms with Gasteiger partial charge in [0, 0.05) is 31.7 Å². The number of hydrogen-bond acceptors (Lipinski definition) is 4. The number of nitrogens with one attached hydrogen (secondary N) is 1. The van der Waals surface area contributed by atoms with E-state index in [1.165, 1.54) is 25.5 Å². The summed E-state index contributed by atoms with van der Waals surface area (Å²) in [7, 11) is 0. The molecule has 2 aromatic rings. The van der Waals surface area contributed by atoms with Crippen LogP contribution in [0.15, 0.2) is 42.7 Å². The molecule has 0 bridgehead atoms. The third-order valence-electron chi connectivity index (χ3n) is 5.08. The van der Waals surface area contributed by atoms with E-state index in [1.807, 2.05) is 37.3 Å². The van der Waals surface area contributed by atoms with Gasteiger partial charge in [-0.2, -0.15) is 0 Å². The molecule has 1 aromatic heterocycles. The Bertz CT molecular complexity index is 771. The second-order valence-corrected chi connectivity index (χ2v) is 7.41. The molecule has 28 heavy (non-hydrogen) atoms. The van der Waals surface area contributed by atoms with Gasteiger partial charge in [0.15, 0.2) is 0 Å². The van der Waals surface area contributed by atoms with Crippen molar-refractivity contribution in [2.24, 2.45) is 0 Å². The first-order valence-electron chi connectivity index (χ1n) is 10.0. The number of nitrogens with zero attached hydrogens (tertiary/aromatic N) is 3. The molecule has 6 nitrogen and oxygen atoms in total. The molecule has 1 aliphatic carbocycles. The van der Waals surface area contributed by atoms with Crippen LogP contribution in [0.5, 0.6) is 0 Å². The molecule has 0 saturated heterocycles. The van der Waals surface area contributed by atoms with Gasteiger partial charge in [-0.05, 0) is 25.3 Å². The second kappa shape index (κ2) is 9.97. The van der Waals surface area contributed by atoms with Crippen LogP contribution in [-0.4, -0.2) is 39.3 Å². The Morgan fingerprint density at radius 2 is 1.82 bits per heavy atom. The Balaban J connectivity index is 1.64. The van der Waals surface area contributed by atoms with Gasteiger partial charge in [0.05, 0.1) is 11.9 Å². The van der Waals surface area contributed by atoms with Gasteiger partial charge >= 0.3 is 0 Å². The summed E-state index contributed by atoms with van der Waals surface area (Å²) in [5, 5.41) is 3.12. The number of amides is 2. The molecule has 1 fully saturated rings. The molecule has 1 N–H and O–H groups in total. The summed E-state index contributed by atoms with van der Waals surface area (Å²) in [6, 6.07) is 10.1. The number of benzene rings is 1. The first-order valence-corrected chi connectivity index (χ1v) is 10.0. The zero-order valence-corrected chi connectivity index (χ0v) is 16.4. The molecule has 1 saturated carbocycles. The minimum atomic E-state index is -0.207. The monoisotopic (exact) mass is 380 g/mol. The lowest BCUT2D eigenvalue weighted by atomic mass is 9.95. The maximum absolute atomic E-state index is 13.0. The maximum Gasteiger partial charge on any atom is 0.274 e. The minimum absolute atomic E-state index is 0.00718. The molecule has 148 valence electrons. The average Bonchev–Trinajstić information content (AvgIpc) is 2.72. The molecule has 0 unspecified atom stereocenters. The fourth-order valence-corrected chi connectivity index (χ4v) is 3.50. The van der Waals surface area contributed by atoms with Crippen molar-refractivity contribution in [2.45, 2.75) is 58.0 Å². The van der Waals surface area contributed by atoms with E-state index in [-0.39, 0.29) is 24.3 Å². The molecule has 3 rings (SSSR count). The quantitative estimate of drug-likeness (QED) is 0.800. The fraction of sp³-hybridized carbons (Fsp3) is 0.455. The molecule has 0 radical (unpaired) electrons. The normalized spacial score (nSPS) is 14.5. The predicted octanol–water partition coefficient (Wildman–Crippen LogP) is 3.27. The highest BCUT2D eigenvalue weighted by Gasteiger charge is 2.20. The molecule has 1 heterocycles. The van der Waals surface area contributed by atoms with E-state index < -0.39 is 0 Å². The van der Waals surface area contributed by atoms with Crippen LogP contribution in [-0.2, 0) is 11.3 Å². The van der Waals surface area contributed by atoms with Crippen LogP contribution in [0, 0.1) is 6.92 Å². The van der Waals surface area contributed by atoms with Gasteiger partial charge in [-0.15, -0.1) is 0 Å². The number of aromatic nitrogens is 2. The van der Waals surface area contributed by atoms with Crippen LogP contribution in [0.2, 0.25) is 0 Å². The van der Waals surface area contributed by atoms with Gasteiger partial charge in [-0.1, -0.05) is 49.6 Å². The Kier molecular flexibility index (Phi) is 7.12. The third kappa shape index (κ3) is 5.87. The Labute approximate surface area is 166 Å². The summed E-state index contributed by atoms with van der Waals surface area (Å²) < 4.78 is 0. The summed E-state index contributed by atoms with van der Waals surface area (Å²) in [4.78, 5) is 35.4. The number of carbonyl (C=O) groups excluding carboxylic acids is 2. The van der Waals surface area contributed by atoms with Crippen LogP contribution in [0.4, 0.5) is 0 Å². The summed E-state index contributed by atoms with van der Waals surface area (Å²) in [6.45, 7) is 2.62. The SMILES string of the molecule is Cc1cnc(C(=O)N(CCC(=O)NC2CCCCC2)Cc2ccccc2)cn1. The molecule has 0 atom stereocenters. The Morgan fingerprint density at radius 1 is 1.07 bits per heavy atom. The molecule has 2 amide bonds. The van der Waals surface area contributed by atoms with E-state index >= 15 is 0 Å². The fourth-order valence-electron chi connectivity index (χ4n) is 3.50. The van der Waals surface area contributed by atoms with Gasteiger partial charge in [0.25, 0.3) is 5.91 Å². The smallest absolute Gasteiger partial charge is 0.274 e. The van der Waals surface area contributed by atoms with Gasteiger partial charge < -0.3 is 10.2 Å². The Hall–Kier alpha value is -2.76. The number of hydrogen-bond donors (Lipinski definition) is 1. The molecular weight excluding hydrogens is 352 g/mol. The van der Waals surface area contributed by atoms with Gasteiger partial charge in [0.2, 0.25) is 5.91 Å². The van der Waals surface area contributed by atoms with E-state index in [2.05, 4.69) is 15.3 Å². The van der Waals surface area contributed by atoms with Crippen molar-refractivity contribution in [3.63, 3.8) is 0 Å². The first-order chi connectivity index (χ1) is 13.6. The third-order valence-corrected chi connectivity index (χ3v) is 5.08. The van der Waals surface area contributed by atoms with Crippen molar-refractivity contribution in [3.8, 4) is 0 Å². The lowest BCUT2D eigenvalue weighted by molar-refractivity contribution is -0.122. The highest BCUT2D eigenvalue weighted by atomic mass is 16.2. The van der Waals surface area contributed by atoms with Crippen molar-refractivity contribution < 1.29 is 9.59 Å². The lowest BCUT2D eigenvalue weighted by Crippen LogP contribution is -2.39. The van der Waals surface area contributed by atoms with E-state index in [9.17, 15) is 9.59 Å². The van der Waals surface area contributed by atoms with Crippen molar-refractivity contribution in [1.29, 1.82) is 0 Å². The molecular formula is C22H28N4O2. The van der Waals surface area contributed by atoms with Crippen LogP contribution >= 0.6 is 0 Å².